The molecule has 0 saturated carbocycles. The number of rotatable bonds is 3. The van der Waals surface area contributed by atoms with Crippen LogP contribution >= 0.6 is 0 Å². The molecule has 1 aliphatic rings. The summed E-state index contributed by atoms with van der Waals surface area (Å²) in [5, 5.41) is 21.1. The van der Waals surface area contributed by atoms with Gasteiger partial charge in [0.1, 0.15) is 10.6 Å². The Hall–Kier alpha value is -1.67. The fraction of sp³-hybridized carbons (Fsp3) is 0.538. The maximum Gasteiger partial charge on any atom is 0.311 e. The van der Waals surface area contributed by atoms with E-state index in [0.29, 0.717) is 25.2 Å². The van der Waals surface area contributed by atoms with Gasteiger partial charge in [0, 0.05) is 19.3 Å². The van der Waals surface area contributed by atoms with Gasteiger partial charge in [-0.1, -0.05) is 13.0 Å². The highest BCUT2D eigenvalue weighted by molar-refractivity contribution is 7.90. The average molecular weight is 314 g/mol. The zero-order chi connectivity index (χ0) is 15.8. The molecule has 1 aromatic rings. The number of aliphatic hydroxyl groups is 1. The summed E-state index contributed by atoms with van der Waals surface area (Å²) in [6.07, 6.45) is 1.03. The molecule has 1 saturated heterocycles. The molecule has 1 aliphatic heterocycles. The number of sulfone groups is 1. The predicted octanol–water partition coefficient (Wildman–Crippen LogP) is 1.21. The van der Waals surface area contributed by atoms with Gasteiger partial charge in [-0.05, 0) is 24.5 Å². The average Bonchev–Trinajstić information content (AvgIpc) is 2.40. The first-order valence-corrected chi connectivity index (χ1v) is 8.51. The number of piperidine rings is 1. The molecular weight excluding hydrogens is 296 g/mol. The Balaban J connectivity index is 2.52. The van der Waals surface area contributed by atoms with Gasteiger partial charge in [0.15, 0.2) is 9.84 Å². The number of anilines is 1. The molecule has 0 aromatic heterocycles. The van der Waals surface area contributed by atoms with Gasteiger partial charge in [0.25, 0.3) is 0 Å². The summed E-state index contributed by atoms with van der Waals surface area (Å²) in [6, 6.07) is 4.31. The van der Waals surface area contributed by atoms with Crippen molar-refractivity contribution in [1.29, 1.82) is 0 Å². The minimum Gasteiger partial charge on any atom is -0.393 e. The predicted molar refractivity (Wildman–Crippen MR) is 78.2 cm³/mol. The maximum atomic E-state index is 11.7. The summed E-state index contributed by atoms with van der Waals surface area (Å²) in [6.45, 7) is 2.78. The van der Waals surface area contributed by atoms with Crippen LogP contribution in [0.25, 0.3) is 0 Å². The van der Waals surface area contributed by atoms with E-state index in [1.165, 1.54) is 12.1 Å². The van der Waals surface area contributed by atoms with E-state index in [0.717, 1.165) is 6.26 Å². The number of benzene rings is 1. The molecule has 1 aromatic carbocycles. The minimum atomic E-state index is -3.68. The Kier molecular flexibility index (Phi) is 4.20. The van der Waals surface area contributed by atoms with Crippen LogP contribution in [-0.4, -0.2) is 43.9 Å². The molecule has 2 rings (SSSR count). The van der Waals surface area contributed by atoms with Gasteiger partial charge < -0.3 is 10.0 Å². The van der Waals surface area contributed by atoms with Crippen molar-refractivity contribution in [2.24, 2.45) is 5.92 Å². The number of nitro benzene ring substituents is 1. The van der Waals surface area contributed by atoms with Crippen molar-refractivity contribution < 1.29 is 18.4 Å². The van der Waals surface area contributed by atoms with Gasteiger partial charge in [-0.15, -0.1) is 0 Å². The molecule has 0 bridgehead atoms. The van der Waals surface area contributed by atoms with Gasteiger partial charge in [-0.3, -0.25) is 10.1 Å². The molecule has 0 amide bonds. The molecule has 0 aliphatic carbocycles. The highest BCUT2D eigenvalue weighted by atomic mass is 32.2. The van der Waals surface area contributed by atoms with Crippen LogP contribution in [-0.2, 0) is 9.84 Å². The Bertz CT molecular complexity index is 659. The number of aliphatic hydroxyl groups excluding tert-OH is 1. The minimum absolute atomic E-state index is 0.0276. The van der Waals surface area contributed by atoms with Crippen molar-refractivity contribution in [3.63, 3.8) is 0 Å². The van der Waals surface area contributed by atoms with Crippen LogP contribution in [0, 0.1) is 16.0 Å². The second kappa shape index (κ2) is 5.61. The van der Waals surface area contributed by atoms with Crippen LogP contribution < -0.4 is 4.90 Å². The largest absolute Gasteiger partial charge is 0.393 e. The van der Waals surface area contributed by atoms with E-state index in [-0.39, 0.29) is 16.5 Å². The van der Waals surface area contributed by atoms with Crippen LogP contribution in [0.1, 0.15) is 13.3 Å². The molecule has 0 spiro atoms. The monoisotopic (exact) mass is 314 g/mol. The molecular formula is C13H18N2O5S. The van der Waals surface area contributed by atoms with Gasteiger partial charge in [-0.25, -0.2) is 8.42 Å². The third kappa shape index (κ3) is 3.16. The van der Waals surface area contributed by atoms with Crippen molar-refractivity contribution in [1.82, 2.24) is 0 Å². The van der Waals surface area contributed by atoms with E-state index in [1.54, 1.807) is 11.0 Å². The van der Waals surface area contributed by atoms with Gasteiger partial charge in [0.2, 0.25) is 0 Å². The molecule has 1 heterocycles. The lowest BCUT2D eigenvalue weighted by Crippen LogP contribution is -2.42. The zero-order valence-corrected chi connectivity index (χ0v) is 12.7. The van der Waals surface area contributed by atoms with E-state index < -0.39 is 20.9 Å². The Morgan fingerprint density at radius 1 is 1.43 bits per heavy atom. The van der Waals surface area contributed by atoms with Gasteiger partial charge >= 0.3 is 5.69 Å². The van der Waals surface area contributed by atoms with E-state index in [1.807, 2.05) is 6.92 Å². The summed E-state index contributed by atoms with van der Waals surface area (Å²) in [7, 11) is -3.68. The maximum absolute atomic E-state index is 11.7. The molecule has 2 atom stereocenters. The van der Waals surface area contributed by atoms with Crippen molar-refractivity contribution in [2.75, 3.05) is 24.2 Å². The van der Waals surface area contributed by atoms with Gasteiger partial charge in [-0.2, -0.15) is 0 Å². The summed E-state index contributed by atoms with van der Waals surface area (Å²) in [4.78, 5) is 12.2. The lowest BCUT2D eigenvalue weighted by Gasteiger charge is -2.35. The number of para-hydroxylation sites is 1. The summed E-state index contributed by atoms with van der Waals surface area (Å²) in [5.74, 6) is -0.0276. The summed E-state index contributed by atoms with van der Waals surface area (Å²) in [5.41, 5.74) is -0.0923. The van der Waals surface area contributed by atoms with Crippen LogP contribution in [0.5, 0.6) is 0 Å². The summed E-state index contributed by atoms with van der Waals surface area (Å²) < 4.78 is 23.5. The van der Waals surface area contributed by atoms with Gasteiger partial charge in [0.05, 0.1) is 11.0 Å². The second-order valence-electron chi connectivity index (χ2n) is 5.43. The van der Waals surface area contributed by atoms with Crippen LogP contribution in [0.2, 0.25) is 0 Å². The molecule has 7 nitrogen and oxygen atoms in total. The van der Waals surface area contributed by atoms with Crippen LogP contribution in [0.4, 0.5) is 11.4 Å². The SMILES string of the molecule is CC1CN(c2cccc(S(C)(=O)=O)c2[N+](=O)[O-])CCC1O. The summed E-state index contributed by atoms with van der Waals surface area (Å²) >= 11 is 0. The first kappa shape index (κ1) is 15.7. The van der Waals surface area contributed by atoms with E-state index >= 15 is 0 Å². The number of hydrogen-bond donors (Lipinski definition) is 1. The van der Waals surface area contributed by atoms with E-state index in [9.17, 15) is 23.6 Å². The molecule has 116 valence electrons. The standard InChI is InChI=1S/C13H18N2O5S/c1-9-8-14(7-6-11(9)16)10-4-3-5-12(21(2,19)20)13(10)15(17)18/h3-5,9,11,16H,6-8H2,1-2H3. The number of nitro groups is 1. The second-order valence-corrected chi connectivity index (χ2v) is 7.42. The third-order valence-electron chi connectivity index (χ3n) is 3.76. The normalized spacial score (nSPS) is 23.1. The molecule has 0 radical (unpaired) electrons. The first-order chi connectivity index (χ1) is 9.71. The fourth-order valence-electron chi connectivity index (χ4n) is 2.60. The van der Waals surface area contributed by atoms with Crippen LogP contribution in [0.3, 0.4) is 0 Å². The van der Waals surface area contributed by atoms with Crippen molar-refractivity contribution in [2.45, 2.75) is 24.3 Å². The zero-order valence-electron chi connectivity index (χ0n) is 11.9. The van der Waals surface area contributed by atoms with Crippen molar-refractivity contribution in [3.05, 3.63) is 28.3 Å². The highest BCUT2D eigenvalue weighted by Crippen LogP contribution is 2.36. The quantitative estimate of drug-likeness (QED) is 0.664. The third-order valence-corrected chi connectivity index (χ3v) is 4.89. The molecule has 2 unspecified atom stereocenters. The van der Waals surface area contributed by atoms with Crippen molar-refractivity contribution in [3.8, 4) is 0 Å². The van der Waals surface area contributed by atoms with Crippen LogP contribution in [0.15, 0.2) is 23.1 Å². The van der Waals surface area contributed by atoms with E-state index in [2.05, 4.69) is 0 Å². The number of nitrogens with zero attached hydrogens (tertiary/aromatic N) is 2. The first-order valence-electron chi connectivity index (χ1n) is 6.62. The smallest absolute Gasteiger partial charge is 0.311 e. The topological polar surface area (TPSA) is 101 Å². The Labute approximate surface area is 123 Å². The lowest BCUT2D eigenvalue weighted by atomic mass is 9.96. The molecule has 1 N–H and O–H groups in total. The fourth-order valence-corrected chi connectivity index (χ4v) is 3.46. The Morgan fingerprint density at radius 2 is 2.10 bits per heavy atom. The highest BCUT2D eigenvalue weighted by Gasteiger charge is 2.32. The molecule has 8 heteroatoms. The number of hydrogen-bond acceptors (Lipinski definition) is 6. The van der Waals surface area contributed by atoms with Crippen molar-refractivity contribution >= 4 is 21.2 Å². The Morgan fingerprint density at radius 3 is 2.62 bits per heavy atom. The lowest BCUT2D eigenvalue weighted by molar-refractivity contribution is -0.387. The van der Waals surface area contributed by atoms with E-state index in [4.69, 9.17) is 0 Å². The molecule has 21 heavy (non-hydrogen) atoms. The molecule has 1 fully saturated rings.